The van der Waals surface area contributed by atoms with Gasteiger partial charge in [0.2, 0.25) is 0 Å². The highest BCUT2D eigenvalue weighted by Gasteiger charge is 2.25. The zero-order chi connectivity index (χ0) is 16.4. The average molecular weight is 338 g/mol. The SMILES string of the molecule is O=C(c1cc(Cl)ccn1)N1CCN(c2cccc(F)c2F)CC1. The molecule has 2 aromatic rings. The van der Waals surface area contributed by atoms with Crippen LogP contribution in [0.25, 0.3) is 0 Å². The molecule has 0 unspecified atom stereocenters. The normalized spacial score (nSPS) is 14.9. The average Bonchev–Trinajstić information content (AvgIpc) is 2.57. The molecule has 3 rings (SSSR count). The first-order valence-electron chi connectivity index (χ1n) is 7.16. The van der Waals surface area contributed by atoms with Gasteiger partial charge in [-0.05, 0) is 24.3 Å². The Morgan fingerprint density at radius 2 is 1.87 bits per heavy atom. The van der Waals surface area contributed by atoms with Crippen LogP contribution in [0.15, 0.2) is 36.5 Å². The molecule has 0 saturated carbocycles. The van der Waals surface area contributed by atoms with Crippen molar-refractivity contribution in [2.45, 2.75) is 0 Å². The van der Waals surface area contributed by atoms with Gasteiger partial charge < -0.3 is 9.80 Å². The molecule has 1 aliphatic heterocycles. The minimum Gasteiger partial charge on any atom is -0.366 e. The number of nitrogens with zero attached hydrogens (tertiary/aromatic N) is 3. The summed E-state index contributed by atoms with van der Waals surface area (Å²) in [7, 11) is 0. The predicted molar refractivity (Wildman–Crippen MR) is 83.7 cm³/mol. The van der Waals surface area contributed by atoms with Gasteiger partial charge in [-0.2, -0.15) is 0 Å². The van der Waals surface area contributed by atoms with Crippen LogP contribution in [0.5, 0.6) is 0 Å². The standard InChI is InChI=1S/C16H14ClF2N3O/c17-11-4-5-20-13(10-11)16(23)22-8-6-21(7-9-22)14-3-1-2-12(18)15(14)19/h1-5,10H,6-9H2. The van der Waals surface area contributed by atoms with Crippen molar-refractivity contribution in [3.63, 3.8) is 0 Å². The Kier molecular flexibility index (Phi) is 4.43. The number of benzene rings is 1. The second kappa shape index (κ2) is 6.50. The Morgan fingerprint density at radius 1 is 1.13 bits per heavy atom. The summed E-state index contributed by atoms with van der Waals surface area (Å²) in [6.07, 6.45) is 1.48. The number of hydrogen-bond acceptors (Lipinski definition) is 3. The highest BCUT2D eigenvalue weighted by Crippen LogP contribution is 2.23. The molecule has 0 spiro atoms. The number of aromatic nitrogens is 1. The maximum Gasteiger partial charge on any atom is 0.272 e. The van der Waals surface area contributed by atoms with Gasteiger partial charge in [0.05, 0.1) is 5.69 Å². The molecule has 0 N–H and O–H groups in total. The minimum atomic E-state index is -0.871. The number of halogens is 3. The number of anilines is 1. The van der Waals surface area contributed by atoms with Gasteiger partial charge in [0.25, 0.3) is 5.91 Å². The Labute approximate surface area is 137 Å². The molecular weight excluding hydrogens is 324 g/mol. The Morgan fingerprint density at radius 3 is 2.57 bits per heavy atom. The molecule has 0 aliphatic carbocycles. The van der Waals surface area contributed by atoms with Gasteiger partial charge in [0.15, 0.2) is 11.6 Å². The van der Waals surface area contributed by atoms with E-state index >= 15 is 0 Å². The van der Waals surface area contributed by atoms with E-state index in [0.717, 1.165) is 6.07 Å². The first-order chi connectivity index (χ1) is 11.1. The van der Waals surface area contributed by atoms with Crippen LogP contribution in [-0.4, -0.2) is 42.0 Å². The molecule has 1 aliphatic rings. The number of carbonyl (C=O) groups is 1. The van der Waals surface area contributed by atoms with Crippen molar-refractivity contribution in [3.8, 4) is 0 Å². The van der Waals surface area contributed by atoms with Crippen LogP contribution in [0.2, 0.25) is 5.02 Å². The van der Waals surface area contributed by atoms with Crippen LogP contribution in [-0.2, 0) is 0 Å². The van der Waals surface area contributed by atoms with Crippen molar-refractivity contribution in [2.24, 2.45) is 0 Å². The molecule has 23 heavy (non-hydrogen) atoms. The van der Waals surface area contributed by atoms with Crippen LogP contribution in [0.4, 0.5) is 14.5 Å². The molecule has 120 valence electrons. The van der Waals surface area contributed by atoms with E-state index < -0.39 is 11.6 Å². The van der Waals surface area contributed by atoms with Crippen molar-refractivity contribution >= 4 is 23.2 Å². The summed E-state index contributed by atoms with van der Waals surface area (Å²) < 4.78 is 27.1. The fourth-order valence-electron chi connectivity index (χ4n) is 2.57. The monoisotopic (exact) mass is 337 g/mol. The van der Waals surface area contributed by atoms with Crippen LogP contribution < -0.4 is 4.90 Å². The number of pyridine rings is 1. The summed E-state index contributed by atoms with van der Waals surface area (Å²) in [5.41, 5.74) is 0.501. The molecule has 0 bridgehead atoms. The molecule has 1 amide bonds. The van der Waals surface area contributed by atoms with E-state index in [-0.39, 0.29) is 17.3 Å². The molecule has 2 heterocycles. The number of carbonyl (C=O) groups excluding carboxylic acids is 1. The fourth-order valence-corrected chi connectivity index (χ4v) is 2.73. The van der Waals surface area contributed by atoms with Gasteiger partial charge in [-0.15, -0.1) is 0 Å². The molecule has 0 atom stereocenters. The quantitative estimate of drug-likeness (QED) is 0.845. The summed E-state index contributed by atoms with van der Waals surface area (Å²) in [6, 6.07) is 7.21. The third-order valence-corrected chi connectivity index (χ3v) is 4.01. The lowest BCUT2D eigenvalue weighted by molar-refractivity contribution is 0.0740. The van der Waals surface area contributed by atoms with E-state index in [1.807, 2.05) is 0 Å². The highest BCUT2D eigenvalue weighted by atomic mass is 35.5. The van der Waals surface area contributed by atoms with Crippen LogP contribution in [0.1, 0.15) is 10.5 Å². The number of rotatable bonds is 2. The smallest absolute Gasteiger partial charge is 0.272 e. The lowest BCUT2D eigenvalue weighted by Crippen LogP contribution is -2.49. The van der Waals surface area contributed by atoms with Crippen molar-refractivity contribution in [2.75, 3.05) is 31.1 Å². The van der Waals surface area contributed by atoms with Gasteiger partial charge in [-0.1, -0.05) is 17.7 Å². The lowest BCUT2D eigenvalue weighted by atomic mass is 10.2. The van der Waals surface area contributed by atoms with Crippen molar-refractivity contribution in [1.82, 2.24) is 9.88 Å². The summed E-state index contributed by atoms with van der Waals surface area (Å²) >= 11 is 5.87. The Balaban J connectivity index is 1.69. The minimum absolute atomic E-state index is 0.216. The largest absolute Gasteiger partial charge is 0.366 e. The molecule has 1 saturated heterocycles. The highest BCUT2D eigenvalue weighted by molar-refractivity contribution is 6.30. The summed E-state index contributed by atoms with van der Waals surface area (Å²) in [5.74, 6) is -1.94. The zero-order valence-corrected chi connectivity index (χ0v) is 12.9. The zero-order valence-electron chi connectivity index (χ0n) is 12.2. The summed E-state index contributed by atoms with van der Waals surface area (Å²) in [4.78, 5) is 19.7. The Bertz CT molecular complexity index is 733. The predicted octanol–water partition coefficient (Wildman–Crippen LogP) is 2.98. The lowest BCUT2D eigenvalue weighted by Gasteiger charge is -2.36. The van der Waals surface area contributed by atoms with Gasteiger partial charge in [0, 0.05) is 37.4 Å². The summed E-state index contributed by atoms with van der Waals surface area (Å²) in [5, 5.41) is 0.448. The van der Waals surface area contributed by atoms with Crippen molar-refractivity contribution < 1.29 is 13.6 Å². The first-order valence-corrected chi connectivity index (χ1v) is 7.54. The molecule has 1 fully saturated rings. The van der Waals surface area contributed by atoms with Gasteiger partial charge in [0.1, 0.15) is 5.69 Å². The number of piperazine rings is 1. The Hall–Kier alpha value is -2.21. The molecule has 4 nitrogen and oxygen atoms in total. The summed E-state index contributed by atoms with van der Waals surface area (Å²) in [6.45, 7) is 1.66. The van der Waals surface area contributed by atoms with E-state index in [1.165, 1.54) is 24.4 Å². The van der Waals surface area contributed by atoms with E-state index in [1.54, 1.807) is 15.9 Å². The van der Waals surface area contributed by atoms with Crippen molar-refractivity contribution in [1.29, 1.82) is 0 Å². The molecular formula is C16H14ClF2N3O. The maximum absolute atomic E-state index is 13.8. The van der Waals surface area contributed by atoms with Gasteiger partial charge in [-0.25, -0.2) is 8.78 Å². The molecule has 1 aromatic carbocycles. The van der Waals surface area contributed by atoms with E-state index in [9.17, 15) is 13.6 Å². The molecule has 7 heteroatoms. The van der Waals surface area contributed by atoms with Crippen LogP contribution in [0, 0.1) is 11.6 Å². The van der Waals surface area contributed by atoms with E-state index in [2.05, 4.69) is 4.98 Å². The van der Waals surface area contributed by atoms with Crippen LogP contribution in [0.3, 0.4) is 0 Å². The van der Waals surface area contributed by atoms with E-state index in [0.29, 0.717) is 31.2 Å². The van der Waals surface area contributed by atoms with Crippen molar-refractivity contribution in [3.05, 3.63) is 58.9 Å². The number of hydrogen-bond donors (Lipinski definition) is 0. The first kappa shape index (κ1) is 15.7. The van der Waals surface area contributed by atoms with Gasteiger partial charge >= 0.3 is 0 Å². The fraction of sp³-hybridized carbons (Fsp3) is 0.250. The molecule has 1 aromatic heterocycles. The third kappa shape index (κ3) is 3.27. The topological polar surface area (TPSA) is 36.4 Å². The molecule has 0 radical (unpaired) electrons. The van der Waals surface area contributed by atoms with Crippen LogP contribution >= 0.6 is 11.6 Å². The third-order valence-electron chi connectivity index (χ3n) is 3.78. The van der Waals surface area contributed by atoms with E-state index in [4.69, 9.17) is 11.6 Å². The maximum atomic E-state index is 13.8. The van der Waals surface area contributed by atoms with Gasteiger partial charge in [-0.3, -0.25) is 9.78 Å². The second-order valence-electron chi connectivity index (χ2n) is 5.21. The second-order valence-corrected chi connectivity index (χ2v) is 5.65. The number of amides is 1.